The first-order valence-electron chi connectivity index (χ1n) is 0.237. The molecule has 0 saturated heterocycles. The Kier molecular flexibility index (Phi) is 43.6. The van der Waals surface area contributed by atoms with Crippen LogP contribution >= 0.6 is 28.6 Å². The molecule has 0 aromatic heterocycles. The van der Waals surface area contributed by atoms with Crippen LogP contribution < -0.4 is 0 Å². The number of hydrogen-bond donors (Lipinski definition) is 0. The Balaban J connectivity index is 0. The molecule has 0 fully saturated rings. The quantitative estimate of drug-likeness (QED) is 0.458. The van der Waals surface area contributed by atoms with E-state index < -0.39 is 0 Å². The zero-order valence-corrected chi connectivity index (χ0v) is 7.33. The number of halogens is 1. The van der Waals surface area contributed by atoms with Crippen LogP contribution in [0.4, 0.5) is 0 Å². The molecule has 0 atom stereocenters. The topological polar surface area (TPSA) is 0 Å². The Labute approximate surface area is 63.8 Å². The molecule has 0 bridgehead atoms. The van der Waals surface area contributed by atoms with Crippen molar-refractivity contribution in [3.63, 3.8) is 0 Å². The fourth-order valence-electron chi connectivity index (χ4n) is 0. The molecular weight excluding hydrogens is 375 g/mol. The van der Waals surface area contributed by atoms with Crippen LogP contribution in [0, 0.1) is 0 Å². The third-order valence-electron chi connectivity index (χ3n) is 0. The first kappa shape index (κ1) is 9.66. The Morgan fingerprint density at radius 2 is 1.25 bits per heavy atom. The van der Waals surface area contributed by atoms with Crippen LogP contribution in [0.1, 0.15) is 0 Å². The molecule has 4 heteroatoms. The van der Waals surface area contributed by atoms with E-state index in [2.05, 4.69) is 46.0 Å². The maximum atomic E-state index is 3.89. The average Bonchev–Trinajstić information content (AvgIpc) is 1.50. The molecule has 0 aromatic rings. The van der Waals surface area contributed by atoms with Crippen molar-refractivity contribution in [3.8, 4) is 0 Å². The summed E-state index contributed by atoms with van der Waals surface area (Å²) < 4.78 is 0. The summed E-state index contributed by atoms with van der Waals surface area (Å²) in [5.74, 6) is 0. The van der Waals surface area contributed by atoms with Gasteiger partial charge in [-0.1, -0.05) is 0 Å². The molecule has 35 valence electrons. The molecule has 0 saturated carbocycles. The SMILES string of the molecule is [Ag][I].[S]=[Ag]. The fourth-order valence-corrected chi connectivity index (χ4v) is 0. The summed E-state index contributed by atoms with van der Waals surface area (Å²) in [6, 6.07) is 0. The summed E-state index contributed by atoms with van der Waals surface area (Å²) in [6.45, 7) is 0. The van der Waals surface area contributed by atoms with Gasteiger partial charge in [-0.3, -0.25) is 0 Å². The van der Waals surface area contributed by atoms with Crippen molar-refractivity contribution in [1.29, 1.82) is 0 Å². The van der Waals surface area contributed by atoms with E-state index >= 15 is 0 Å². The fraction of sp³-hybridized carbons (Fsp3) is 0. The van der Waals surface area contributed by atoms with Gasteiger partial charge in [-0.25, -0.2) is 0 Å². The molecule has 4 heavy (non-hydrogen) atoms. The van der Waals surface area contributed by atoms with Crippen LogP contribution in [0.2, 0.25) is 0 Å². The average molecular weight is 375 g/mol. The van der Waals surface area contributed by atoms with Gasteiger partial charge in [-0.15, -0.1) is 0 Å². The Morgan fingerprint density at radius 3 is 1.25 bits per heavy atom. The van der Waals surface area contributed by atoms with E-state index in [1.807, 2.05) is 19.0 Å². The van der Waals surface area contributed by atoms with Gasteiger partial charge in [0.25, 0.3) is 0 Å². The van der Waals surface area contributed by atoms with Crippen LogP contribution in [0.5, 0.6) is 0 Å². The van der Waals surface area contributed by atoms with Crippen LogP contribution in [-0.4, -0.2) is 0 Å². The van der Waals surface area contributed by atoms with E-state index in [9.17, 15) is 0 Å². The van der Waals surface area contributed by atoms with Crippen LogP contribution in [0.25, 0.3) is 0 Å². The summed E-state index contributed by atoms with van der Waals surface area (Å²) in [5, 5.41) is 0. The second kappa shape index (κ2) is 18.0. The van der Waals surface area contributed by atoms with E-state index in [4.69, 9.17) is 0 Å². The third-order valence-corrected chi connectivity index (χ3v) is 0. The minimum atomic E-state index is 1.96. The number of rotatable bonds is 0. The summed E-state index contributed by atoms with van der Waals surface area (Å²) >= 11 is 7.41. The van der Waals surface area contributed by atoms with Gasteiger partial charge in [-0.2, -0.15) is 0 Å². The zero-order chi connectivity index (χ0) is 4.00. The van der Waals surface area contributed by atoms with E-state index in [0.717, 1.165) is 0 Å². The molecule has 0 N–H and O–H groups in total. The van der Waals surface area contributed by atoms with E-state index in [1.54, 1.807) is 0 Å². The number of hydrogen-bond acceptors (Lipinski definition) is 1. The van der Waals surface area contributed by atoms with Crippen molar-refractivity contribution in [2.45, 2.75) is 0 Å². The van der Waals surface area contributed by atoms with Crippen molar-refractivity contribution in [3.05, 3.63) is 0 Å². The molecule has 0 amide bonds. The monoisotopic (exact) mass is 373 g/mol. The standard InChI is InChI=1S/2Ag.HI.S/h;;1H;/q;+1;;/p-1. The second-order valence-electron chi connectivity index (χ2n) is 0. The minimum absolute atomic E-state index is 1.96. The summed E-state index contributed by atoms with van der Waals surface area (Å²) in [7, 11) is 3.89. The van der Waals surface area contributed by atoms with Gasteiger partial charge in [0, 0.05) is 0 Å². The van der Waals surface area contributed by atoms with Gasteiger partial charge in [0.1, 0.15) is 0 Å². The van der Waals surface area contributed by atoms with E-state index in [-0.39, 0.29) is 0 Å². The molecule has 0 spiro atoms. The summed E-state index contributed by atoms with van der Waals surface area (Å²) in [4.78, 5) is 0. The first-order valence-corrected chi connectivity index (χ1v) is 6.71. The van der Waals surface area contributed by atoms with Crippen molar-refractivity contribution in [1.82, 2.24) is 0 Å². The second-order valence-corrected chi connectivity index (χ2v) is 0. The zero-order valence-electron chi connectivity index (χ0n) is 1.39. The van der Waals surface area contributed by atoms with Gasteiger partial charge >= 0.3 is 65.0 Å². The molecule has 0 unspecified atom stereocenters. The van der Waals surface area contributed by atoms with Crippen LogP contribution in [0.3, 0.4) is 0 Å². The van der Waals surface area contributed by atoms with Gasteiger partial charge in [0.15, 0.2) is 0 Å². The van der Waals surface area contributed by atoms with Gasteiger partial charge in [-0.05, 0) is 0 Å². The Morgan fingerprint density at radius 1 is 1.25 bits per heavy atom. The molecule has 0 rings (SSSR count). The molecular formula is Ag2IS. The molecule has 0 radical (unpaired) electrons. The van der Waals surface area contributed by atoms with Gasteiger partial charge in [0.05, 0.1) is 0 Å². The summed E-state index contributed by atoms with van der Waals surface area (Å²) in [5.41, 5.74) is 0. The molecule has 0 heterocycles. The van der Waals surface area contributed by atoms with Crippen molar-refractivity contribution >= 4 is 28.6 Å². The van der Waals surface area contributed by atoms with Crippen molar-refractivity contribution in [2.24, 2.45) is 0 Å². The maximum absolute atomic E-state index is 3.89. The van der Waals surface area contributed by atoms with Gasteiger partial charge in [0.2, 0.25) is 0 Å². The van der Waals surface area contributed by atoms with E-state index in [1.165, 1.54) is 0 Å². The van der Waals surface area contributed by atoms with Crippen molar-refractivity contribution < 1.29 is 36.4 Å². The van der Waals surface area contributed by atoms with Crippen LogP contribution in [0.15, 0.2) is 0 Å². The van der Waals surface area contributed by atoms with Crippen molar-refractivity contribution in [2.75, 3.05) is 0 Å². The molecule has 0 aliphatic heterocycles. The van der Waals surface area contributed by atoms with Crippen LogP contribution in [-0.2, 0) is 36.4 Å². The molecule has 0 aliphatic rings. The van der Waals surface area contributed by atoms with Gasteiger partial charge < -0.3 is 0 Å². The molecule has 0 aromatic carbocycles. The molecule has 0 aliphatic carbocycles. The third kappa shape index (κ3) is 8.83. The van der Waals surface area contributed by atoms with E-state index in [0.29, 0.717) is 0 Å². The first-order chi connectivity index (χ1) is 2.00. The Bertz CT molecular complexity index is 6.00. The summed E-state index contributed by atoms with van der Waals surface area (Å²) in [6.07, 6.45) is 0. The Hall–Kier alpha value is 2.43. The normalized spacial score (nSPS) is 3.25. The predicted molar refractivity (Wildman–Crippen MR) is 21.6 cm³/mol. The predicted octanol–water partition coefficient (Wildman–Crippen LogP) is 1.53. The molecule has 0 nitrogen and oxygen atoms in total.